The van der Waals surface area contributed by atoms with Crippen LogP contribution < -0.4 is 10.1 Å². The van der Waals surface area contributed by atoms with Crippen LogP contribution in [0.5, 0.6) is 5.75 Å². The summed E-state index contributed by atoms with van der Waals surface area (Å²) in [6.45, 7) is 2.51. The van der Waals surface area contributed by atoms with Gasteiger partial charge in [0.25, 0.3) is 5.91 Å². The molecule has 0 radical (unpaired) electrons. The van der Waals surface area contributed by atoms with Crippen LogP contribution in [0.15, 0.2) is 55.1 Å². The van der Waals surface area contributed by atoms with Crippen molar-refractivity contribution in [1.82, 2.24) is 14.8 Å². The average molecular weight is 343 g/mol. The standard InChI is InChI=1S/C17H15ClN4O2/c1-2-24-14-6-3-12(4-7-14)21-17(23)15-9-13(5-8-16(15)18)22-10-19-20-11-22/h3-11H,2H2,1H3,(H,21,23). The largest absolute Gasteiger partial charge is 0.494 e. The number of hydrogen-bond acceptors (Lipinski definition) is 4. The van der Waals surface area contributed by atoms with Gasteiger partial charge in [-0.2, -0.15) is 0 Å². The van der Waals surface area contributed by atoms with Gasteiger partial charge in [0.15, 0.2) is 0 Å². The molecule has 0 saturated carbocycles. The summed E-state index contributed by atoms with van der Waals surface area (Å²) >= 11 is 6.16. The monoisotopic (exact) mass is 342 g/mol. The Morgan fingerprint density at radius 1 is 1.17 bits per heavy atom. The lowest BCUT2D eigenvalue weighted by Gasteiger charge is -2.10. The lowest BCUT2D eigenvalue weighted by Crippen LogP contribution is -2.13. The Hall–Kier alpha value is -2.86. The molecular weight excluding hydrogens is 328 g/mol. The summed E-state index contributed by atoms with van der Waals surface area (Å²) in [5.41, 5.74) is 1.78. The van der Waals surface area contributed by atoms with E-state index in [0.717, 1.165) is 11.4 Å². The summed E-state index contributed by atoms with van der Waals surface area (Å²) in [7, 11) is 0. The molecule has 0 fully saturated rings. The Morgan fingerprint density at radius 2 is 1.88 bits per heavy atom. The first-order valence-electron chi connectivity index (χ1n) is 7.36. The van der Waals surface area contributed by atoms with Crippen LogP contribution in [0.3, 0.4) is 0 Å². The van der Waals surface area contributed by atoms with Crippen molar-refractivity contribution in [2.75, 3.05) is 11.9 Å². The maximum absolute atomic E-state index is 12.5. The van der Waals surface area contributed by atoms with Crippen molar-refractivity contribution in [1.29, 1.82) is 0 Å². The smallest absolute Gasteiger partial charge is 0.257 e. The molecule has 1 aromatic heterocycles. The van der Waals surface area contributed by atoms with Gasteiger partial charge < -0.3 is 10.1 Å². The number of benzene rings is 2. The number of nitrogens with one attached hydrogen (secondary N) is 1. The fourth-order valence-electron chi connectivity index (χ4n) is 2.18. The molecule has 0 bridgehead atoms. The Kier molecular flexibility index (Phi) is 4.77. The quantitative estimate of drug-likeness (QED) is 0.769. The van der Waals surface area contributed by atoms with Gasteiger partial charge in [-0.25, -0.2) is 0 Å². The fraction of sp³-hybridized carbons (Fsp3) is 0.118. The molecule has 3 aromatic rings. The summed E-state index contributed by atoms with van der Waals surface area (Å²) in [5, 5.41) is 10.7. The minimum Gasteiger partial charge on any atom is -0.494 e. The fourth-order valence-corrected chi connectivity index (χ4v) is 2.38. The van der Waals surface area contributed by atoms with E-state index in [-0.39, 0.29) is 5.91 Å². The number of anilines is 1. The molecule has 1 amide bonds. The van der Waals surface area contributed by atoms with Crippen LogP contribution in [0.4, 0.5) is 5.69 Å². The number of amides is 1. The van der Waals surface area contributed by atoms with Gasteiger partial charge in [0.2, 0.25) is 0 Å². The molecule has 3 rings (SSSR count). The van der Waals surface area contributed by atoms with E-state index in [9.17, 15) is 4.79 Å². The topological polar surface area (TPSA) is 69.0 Å². The van der Waals surface area contributed by atoms with E-state index in [1.54, 1.807) is 59.7 Å². The number of ether oxygens (including phenoxy) is 1. The van der Waals surface area contributed by atoms with Gasteiger partial charge in [-0.05, 0) is 49.4 Å². The van der Waals surface area contributed by atoms with Gasteiger partial charge in [-0.3, -0.25) is 9.36 Å². The van der Waals surface area contributed by atoms with Gasteiger partial charge in [0.05, 0.1) is 17.2 Å². The third-order valence-electron chi connectivity index (χ3n) is 3.33. The van der Waals surface area contributed by atoms with Crippen LogP contribution in [-0.4, -0.2) is 27.3 Å². The number of carbonyl (C=O) groups excluding carboxylic acids is 1. The van der Waals surface area contributed by atoms with Crippen molar-refractivity contribution in [3.8, 4) is 11.4 Å². The zero-order chi connectivity index (χ0) is 16.9. The lowest BCUT2D eigenvalue weighted by atomic mass is 10.1. The van der Waals surface area contributed by atoms with E-state index >= 15 is 0 Å². The number of nitrogens with zero attached hydrogens (tertiary/aromatic N) is 3. The first-order valence-corrected chi connectivity index (χ1v) is 7.74. The number of halogens is 1. The van der Waals surface area contributed by atoms with Crippen molar-refractivity contribution in [2.24, 2.45) is 0 Å². The molecule has 122 valence electrons. The second-order valence-corrected chi connectivity index (χ2v) is 5.35. The van der Waals surface area contributed by atoms with Crippen molar-refractivity contribution >= 4 is 23.2 Å². The van der Waals surface area contributed by atoms with Crippen LogP contribution in [0, 0.1) is 0 Å². The van der Waals surface area contributed by atoms with Crippen molar-refractivity contribution < 1.29 is 9.53 Å². The SMILES string of the molecule is CCOc1ccc(NC(=O)c2cc(-n3cnnc3)ccc2Cl)cc1. The maximum atomic E-state index is 12.5. The highest BCUT2D eigenvalue weighted by atomic mass is 35.5. The lowest BCUT2D eigenvalue weighted by molar-refractivity contribution is 0.102. The van der Waals surface area contributed by atoms with Crippen LogP contribution >= 0.6 is 11.6 Å². The molecule has 24 heavy (non-hydrogen) atoms. The molecule has 1 N–H and O–H groups in total. The first kappa shape index (κ1) is 16.0. The van der Waals surface area contributed by atoms with E-state index in [1.807, 2.05) is 6.92 Å². The molecule has 0 unspecified atom stereocenters. The van der Waals surface area contributed by atoms with Crippen LogP contribution in [0.25, 0.3) is 5.69 Å². The predicted molar refractivity (Wildman–Crippen MR) is 91.9 cm³/mol. The molecule has 0 saturated heterocycles. The third kappa shape index (κ3) is 3.55. The number of carbonyl (C=O) groups is 1. The highest BCUT2D eigenvalue weighted by Gasteiger charge is 2.12. The highest BCUT2D eigenvalue weighted by molar-refractivity contribution is 6.34. The predicted octanol–water partition coefficient (Wildman–Crippen LogP) is 3.57. The molecule has 0 aliphatic heterocycles. The number of hydrogen-bond donors (Lipinski definition) is 1. The highest BCUT2D eigenvalue weighted by Crippen LogP contribution is 2.22. The Balaban J connectivity index is 1.80. The zero-order valence-electron chi connectivity index (χ0n) is 12.9. The van der Waals surface area contributed by atoms with Gasteiger partial charge >= 0.3 is 0 Å². The summed E-state index contributed by atoms with van der Waals surface area (Å²) < 4.78 is 7.08. The van der Waals surface area contributed by atoms with Gasteiger partial charge in [0, 0.05) is 11.4 Å². The molecule has 0 atom stereocenters. The molecule has 0 spiro atoms. The van der Waals surface area contributed by atoms with E-state index in [2.05, 4.69) is 15.5 Å². The molecule has 2 aromatic carbocycles. The molecule has 0 aliphatic rings. The minimum absolute atomic E-state index is 0.293. The van der Waals surface area contributed by atoms with E-state index in [1.165, 1.54) is 0 Å². The number of rotatable bonds is 5. The summed E-state index contributed by atoms with van der Waals surface area (Å²) in [5.74, 6) is 0.460. The summed E-state index contributed by atoms with van der Waals surface area (Å²) in [6.07, 6.45) is 3.11. The normalized spacial score (nSPS) is 10.4. The summed E-state index contributed by atoms with van der Waals surface area (Å²) in [4.78, 5) is 12.5. The summed E-state index contributed by atoms with van der Waals surface area (Å²) in [6, 6.07) is 12.3. The van der Waals surface area contributed by atoms with Crippen LogP contribution in [0.1, 0.15) is 17.3 Å². The van der Waals surface area contributed by atoms with Crippen molar-refractivity contribution in [3.63, 3.8) is 0 Å². The Bertz CT molecular complexity index is 832. The van der Waals surface area contributed by atoms with Crippen molar-refractivity contribution in [2.45, 2.75) is 6.92 Å². The van der Waals surface area contributed by atoms with E-state index in [0.29, 0.717) is 22.9 Å². The van der Waals surface area contributed by atoms with Gasteiger partial charge in [-0.1, -0.05) is 11.6 Å². The Morgan fingerprint density at radius 3 is 2.54 bits per heavy atom. The maximum Gasteiger partial charge on any atom is 0.257 e. The molecule has 6 nitrogen and oxygen atoms in total. The molecule has 1 heterocycles. The van der Waals surface area contributed by atoms with E-state index in [4.69, 9.17) is 16.3 Å². The van der Waals surface area contributed by atoms with Crippen molar-refractivity contribution in [3.05, 3.63) is 65.7 Å². The van der Waals surface area contributed by atoms with E-state index < -0.39 is 0 Å². The first-order chi connectivity index (χ1) is 11.7. The molecule has 0 aliphatic carbocycles. The zero-order valence-corrected chi connectivity index (χ0v) is 13.7. The van der Waals surface area contributed by atoms with Crippen LogP contribution in [0.2, 0.25) is 5.02 Å². The second-order valence-electron chi connectivity index (χ2n) is 4.94. The van der Waals surface area contributed by atoms with Gasteiger partial charge in [-0.15, -0.1) is 10.2 Å². The molecule has 7 heteroatoms. The minimum atomic E-state index is -0.293. The molecular formula is C17H15ClN4O2. The second kappa shape index (κ2) is 7.14. The Labute approximate surface area is 144 Å². The number of aromatic nitrogens is 3. The van der Waals surface area contributed by atoms with Gasteiger partial charge in [0.1, 0.15) is 18.4 Å². The van der Waals surface area contributed by atoms with Crippen LogP contribution in [-0.2, 0) is 0 Å². The third-order valence-corrected chi connectivity index (χ3v) is 3.66. The average Bonchev–Trinajstić information content (AvgIpc) is 3.12.